The van der Waals surface area contributed by atoms with Gasteiger partial charge in [-0.15, -0.1) is 0 Å². The maximum atomic E-state index is 11.9. The lowest BCUT2D eigenvalue weighted by Gasteiger charge is -2.19. The fourth-order valence-corrected chi connectivity index (χ4v) is 1.83. The molecule has 0 spiro atoms. The lowest BCUT2D eigenvalue weighted by atomic mass is 10.1. The molecule has 25 heavy (non-hydrogen) atoms. The number of esters is 2. The number of benzene rings is 1. The number of carbonyl (C=O) groups excluding carboxylic acids is 3. The van der Waals surface area contributed by atoms with Crippen molar-refractivity contribution in [2.75, 3.05) is 6.61 Å². The van der Waals surface area contributed by atoms with E-state index in [2.05, 4.69) is 10.6 Å². The van der Waals surface area contributed by atoms with E-state index in [1.165, 1.54) is 0 Å². The molecule has 0 unspecified atom stereocenters. The molecule has 0 saturated carbocycles. The molecule has 1 aromatic carbocycles. The smallest absolute Gasteiger partial charge is 0.344 e. The molecule has 0 atom stereocenters. The predicted molar refractivity (Wildman–Crippen MR) is 93.1 cm³/mol. The quantitative estimate of drug-likeness (QED) is 0.768. The van der Waals surface area contributed by atoms with Gasteiger partial charge in [0.2, 0.25) is 0 Å². The summed E-state index contributed by atoms with van der Waals surface area (Å²) in [6, 6.07) is 6.38. The van der Waals surface area contributed by atoms with Gasteiger partial charge in [0.15, 0.2) is 6.61 Å². The molecule has 138 valence electrons. The molecule has 0 saturated heterocycles. The molecular formula is C18H26N2O5. The molecule has 0 aliphatic rings. The van der Waals surface area contributed by atoms with E-state index in [0.717, 1.165) is 5.56 Å². The Morgan fingerprint density at radius 1 is 1.08 bits per heavy atom. The second kappa shape index (κ2) is 9.05. The van der Waals surface area contributed by atoms with Gasteiger partial charge in [0.1, 0.15) is 5.60 Å². The summed E-state index contributed by atoms with van der Waals surface area (Å²) in [6.07, 6.45) is 0. The van der Waals surface area contributed by atoms with Gasteiger partial charge in [0.05, 0.1) is 5.56 Å². The van der Waals surface area contributed by atoms with Crippen LogP contribution in [0.3, 0.4) is 0 Å². The molecule has 1 aromatic rings. The first-order chi connectivity index (χ1) is 11.6. The van der Waals surface area contributed by atoms with Gasteiger partial charge in [-0.3, -0.25) is 0 Å². The van der Waals surface area contributed by atoms with Crippen molar-refractivity contribution in [3.8, 4) is 0 Å². The number of urea groups is 1. The van der Waals surface area contributed by atoms with E-state index in [-0.39, 0.29) is 12.1 Å². The maximum absolute atomic E-state index is 11.9. The van der Waals surface area contributed by atoms with Gasteiger partial charge in [-0.25, -0.2) is 14.4 Å². The Bertz CT molecular complexity index is 603. The van der Waals surface area contributed by atoms with E-state index >= 15 is 0 Å². The summed E-state index contributed by atoms with van der Waals surface area (Å²) in [5, 5.41) is 5.43. The van der Waals surface area contributed by atoms with Crippen molar-refractivity contribution in [1.82, 2.24) is 10.6 Å². The molecule has 7 nitrogen and oxygen atoms in total. The van der Waals surface area contributed by atoms with Gasteiger partial charge in [-0.2, -0.15) is 0 Å². The van der Waals surface area contributed by atoms with Crippen LogP contribution in [0.2, 0.25) is 0 Å². The highest BCUT2D eigenvalue weighted by atomic mass is 16.6. The van der Waals surface area contributed by atoms with Crippen LogP contribution in [0.1, 0.15) is 50.5 Å². The highest BCUT2D eigenvalue weighted by Gasteiger charge is 2.18. The number of amides is 2. The second-order valence-electron chi connectivity index (χ2n) is 6.84. The molecule has 0 aromatic heterocycles. The molecular weight excluding hydrogens is 324 g/mol. The zero-order valence-corrected chi connectivity index (χ0v) is 15.3. The van der Waals surface area contributed by atoms with Gasteiger partial charge in [0, 0.05) is 12.6 Å². The molecule has 2 amide bonds. The second-order valence-corrected chi connectivity index (χ2v) is 6.84. The monoisotopic (exact) mass is 350 g/mol. The lowest BCUT2D eigenvalue weighted by Crippen LogP contribution is -2.39. The molecule has 0 heterocycles. The summed E-state index contributed by atoms with van der Waals surface area (Å²) in [7, 11) is 0. The van der Waals surface area contributed by atoms with Crippen molar-refractivity contribution >= 4 is 18.0 Å². The van der Waals surface area contributed by atoms with Crippen LogP contribution < -0.4 is 10.6 Å². The summed E-state index contributed by atoms with van der Waals surface area (Å²) in [4.78, 5) is 34.9. The van der Waals surface area contributed by atoms with Crippen LogP contribution in [0.5, 0.6) is 0 Å². The van der Waals surface area contributed by atoms with Crippen molar-refractivity contribution in [3.63, 3.8) is 0 Å². The Labute approximate surface area is 148 Å². The standard InChI is InChI=1S/C18H26N2O5/c1-12(2)20-17(23)19-10-13-6-8-14(9-7-13)16(22)24-11-15(21)25-18(3,4)5/h6-9,12H,10-11H2,1-5H3,(H2,19,20,23). The normalized spacial score (nSPS) is 11.0. The minimum absolute atomic E-state index is 0.0575. The summed E-state index contributed by atoms with van der Waals surface area (Å²) in [5.74, 6) is -1.21. The van der Waals surface area contributed by atoms with Crippen LogP contribution >= 0.6 is 0 Å². The lowest BCUT2D eigenvalue weighted by molar-refractivity contribution is -0.158. The third-order valence-electron chi connectivity index (χ3n) is 2.80. The SMILES string of the molecule is CC(C)NC(=O)NCc1ccc(C(=O)OCC(=O)OC(C)(C)C)cc1. The number of carbonyl (C=O) groups is 3. The van der Waals surface area contributed by atoms with E-state index < -0.39 is 24.1 Å². The predicted octanol–water partition coefficient (Wildman–Crippen LogP) is 2.39. The fraction of sp³-hybridized carbons (Fsp3) is 0.500. The van der Waals surface area contributed by atoms with Crippen LogP contribution in [0.4, 0.5) is 4.79 Å². The number of ether oxygens (including phenoxy) is 2. The van der Waals surface area contributed by atoms with Crippen LogP contribution in [-0.4, -0.2) is 36.2 Å². The minimum Gasteiger partial charge on any atom is -0.457 e. The maximum Gasteiger partial charge on any atom is 0.344 e. The highest BCUT2D eigenvalue weighted by Crippen LogP contribution is 2.09. The third-order valence-corrected chi connectivity index (χ3v) is 2.80. The van der Waals surface area contributed by atoms with Crippen molar-refractivity contribution in [1.29, 1.82) is 0 Å². The summed E-state index contributed by atoms with van der Waals surface area (Å²) >= 11 is 0. The average Bonchev–Trinajstić information content (AvgIpc) is 2.49. The van der Waals surface area contributed by atoms with Gasteiger partial charge in [-0.05, 0) is 52.3 Å². The van der Waals surface area contributed by atoms with Crippen LogP contribution in [0.25, 0.3) is 0 Å². The van der Waals surface area contributed by atoms with Crippen molar-refractivity contribution in [3.05, 3.63) is 35.4 Å². The molecule has 2 N–H and O–H groups in total. The highest BCUT2D eigenvalue weighted by molar-refractivity contribution is 5.90. The largest absolute Gasteiger partial charge is 0.457 e. The zero-order chi connectivity index (χ0) is 19.0. The third kappa shape index (κ3) is 8.74. The number of nitrogens with one attached hydrogen (secondary N) is 2. The summed E-state index contributed by atoms with van der Waals surface area (Å²) in [5.41, 5.74) is 0.529. The van der Waals surface area contributed by atoms with Gasteiger partial charge in [0.25, 0.3) is 0 Å². The van der Waals surface area contributed by atoms with Gasteiger partial charge < -0.3 is 20.1 Å². The first-order valence-electron chi connectivity index (χ1n) is 8.09. The van der Waals surface area contributed by atoms with E-state index in [1.54, 1.807) is 45.0 Å². The first kappa shape index (κ1) is 20.5. The molecule has 0 aliphatic heterocycles. The molecule has 0 bridgehead atoms. The van der Waals surface area contributed by atoms with Crippen LogP contribution in [-0.2, 0) is 20.8 Å². The Morgan fingerprint density at radius 3 is 2.20 bits per heavy atom. The zero-order valence-electron chi connectivity index (χ0n) is 15.3. The minimum atomic E-state index is -0.625. The number of hydrogen-bond donors (Lipinski definition) is 2. The van der Waals surface area contributed by atoms with Crippen LogP contribution in [0, 0.1) is 0 Å². The number of rotatable bonds is 6. The first-order valence-corrected chi connectivity index (χ1v) is 8.09. The fourth-order valence-electron chi connectivity index (χ4n) is 1.83. The van der Waals surface area contributed by atoms with Gasteiger partial charge >= 0.3 is 18.0 Å². The number of hydrogen-bond acceptors (Lipinski definition) is 5. The Balaban J connectivity index is 2.46. The molecule has 1 rings (SSSR count). The molecule has 0 aliphatic carbocycles. The molecule has 0 fully saturated rings. The topological polar surface area (TPSA) is 93.7 Å². The Hall–Kier alpha value is -2.57. The van der Waals surface area contributed by atoms with E-state index in [9.17, 15) is 14.4 Å². The summed E-state index contributed by atoms with van der Waals surface area (Å²) in [6.45, 7) is 8.86. The molecule has 7 heteroatoms. The summed E-state index contributed by atoms with van der Waals surface area (Å²) < 4.78 is 9.99. The van der Waals surface area contributed by atoms with Crippen molar-refractivity contribution < 1.29 is 23.9 Å². The molecule has 0 radical (unpaired) electrons. The van der Waals surface area contributed by atoms with Gasteiger partial charge in [-0.1, -0.05) is 12.1 Å². The van der Waals surface area contributed by atoms with E-state index in [1.807, 2.05) is 13.8 Å². The van der Waals surface area contributed by atoms with E-state index in [0.29, 0.717) is 12.1 Å². The average molecular weight is 350 g/mol. The van der Waals surface area contributed by atoms with E-state index in [4.69, 9.17) is 9.47 Å². The Morgan fingerprint density at radius 2 is 1.68 bits per heavy atom. The van der Waals surface area contributed by atoms with Crippen molar-refractivity contribution in [2.45, 2.75) is 52.8 Å². The van der Waals surface area contributed by atoms with Crippen molar-refractivity contribution in [2.24, 2.45) is 0 Å². The van der Waals surface area contributed by atoms with Crippen LogP contribution in [0.15, 0.2) is 24.3 Å². The Kier molecular flexibility index (Phi) is 7.42.